The quantitative estimate of drug-likeness (QED) is 0.926. The Hall–Kier alpha value is -0.870. The summed E-state index contributed by atoms with van der Waals surface area (Å²) in [6.45, 7) is 2.05. The molecular formula is C15H23NO2S. The van der Waals surface area contributed by atoms with Crippen molar-refractivity contribution in [2.24, 2.45) is 11.7 Å². The minimum Gasteiger partial charge on any atom is -0.324 e. The van der Waals surface area contributed by atoms with Crippen LogP contribution in [0.3, 0.4) is 0 Å². The number of rotatable bonds is 3. The van der Waals surface area contributed by atoms with Gasteiger partial charge in [0.05, 0.1) is 5.25 Å². The average molecular weight is 281 g/mol. The second kappa shape index (κ2) is 5.63. The van der Waals surface area contributed by atoms with Gasteiger partial charge in [-0.2, -0.15) is 0 Å². The molecule has 0 aliphatic heterocycles. The summed E-state index contributed by atoms with van der Waals surface area (Å²) in [6, 6.07) is 8.17. The third kappa shape index (κ3) is 3.57. The zero-order valence-corrected chi connectivity index (χ0v) is 12.5. The van der Waals surface area contributed by atoms with E-state index in [0.29, 0.717) is 6.42 Å². The van der Waals surface area contributed by atoms with Gasteiger partial charge in [0.15, 0.2) is 0 Å². The summed E-state index contributed by atoms with van der Waals surface area (Å²) in [5, 5.41) is -0.206. The van der Waals surface area contributed by atoms with Crippen molar-refractivity contribution in [3.8, 4) is 0 Å². The van der Waals surface area contributed by atoms with Crippen LogP contribution in [0.15, 0.2) is 24.3 Å². The lowest BCUT2D eigenvalue weighted by Crippen LogP contribution is -2.33. The van der Waals surface area contributed by atoms with E-state index in [2.05, 4.69) is 19.1 Å². The molecule has 0 aromatic heterocycles. The zero-order valence-electron chi connectivity index (χ0n) is 11.7. The molecule has 3 nitrogen and oxygen atoms in total. The van der Waals surface area contributed by atoms with Crippen LogP contribution in [0.2, 0.25) is 0 Å². The second-order valence-electron chi connectivity index (χ2n) is 5.82. The van der Waals surface area contributed by atoms with Crippen LogP contribution in [0, 0.1) is 12.8 Å². The van der Waals surface area contributed by atoms with Gasteiger partial charge >= 0.3 is 0 Å². The molecule has 0 amide bonds. The molecule has 3 unspecified atom stereocenters. The monoisotopic (exact) mass is 281 g/mol. The Labute approximate surface area is 116 Å². The topological polar surface area (TPSA) is 60.2 Å². The van der Waals surface area contributed by atoms with Gasteiger partial charge in [-0.1, -0.05) is 36.2 Å². The summed E-state index contributed by atoms with van der Waals surface area (Å²) in [4.78, 5) is 0. The summed E-state index contributed by atoms with van der Waals surface area (Å²) in [5.41, 5.74) is 8.67. The summed E-state index contributed by atoms with van der Waals surface area (Å²) in [7, 11) is -2.94. The summed E-state index contributed by atoms with van der Waals surface area (Å²) < 4.78 is 23.4. The maximum atomic E-state index is 11.7. The van der Waals surface area contributed by atoms with Crippen LogP contribution in [0.5, 0.6) is 0 Å². The van der Waals surface area contributed by atoms with Crippen LogP contribution in [-0.4, -0.2) is 19.9 Å². The van der Waals surface area contributed by atoms with E-state index < -0.39 is 9.84 Å². The van der Waals surface area contributed by atoms with E-state index in [4.69, 9.17) is 5.73 Å². The van der Waals surface area contributed by atoms with Crippen LogP contribution < -0.4 is 5.73 Å². The van der Waals surface area contributed by atoms with Crippen LogP contribution >= 0.6 is 0 Å². The van der Waals surface area contributed by atoms with E-state index in [1.165, 1.54) is 11.8 Å². The first kappa shape index (κ1) is 14.5. The van der Waals surface area contributed by atoms with Gasteiger partial charge in [0.1, 0.15) is 9.84 Å². The molecule has 1 fully saturated rings. The van der Waals surface area contributed by atoms with Crippen molar-refractivity contribution in [2.75, 3.05) is 6.26 Å². The number of sulfone groups is 1. The van der Waals surface area contributed by atoms with E-state index in [1.54, 1.807) is 0 Å². The molecule has 4 heteroatoms. The summed E-state index contributed by atoms with van der Waals surface area (Å²) in [5.74, 6) is 0.273. The fourth-order valence-electron chi connectivity index (χ4n) is 3.05. The van der Waals surface area contributed by atoms with Gasteiger partial charge in [-0.05, 0) is 37.7 Å². The highest BCUT2D eigenvalue weighted by Crippen LogP contribution is 2.35. The number of hydrogen-bond acceptors (Lipinski definition) is 3. The first-order valence-corrected chi connectivity index (χ1v) is 8.84. The Balaban J connectivity index is 2.13. The molecule has 19 heavy (non-hydrogen) atoms. The number of nitrogens with two attached hydrogens (primary N) is 1. The van der Waals surface area contributed by atoms with Crippen LogP contribution in [0.1, 0.15) is 42.9 Å². The first-order valence-electron chi connectivity index (χ1n) is 6.89. The smallest absolute Gasteiger partial charge is 0.150 e. The molecule has 1 aliphatic rings. The van der Waals surface area contributed by atoms with Crippen LogP contribution in [-0.2, 0) is 9.84 Å². The van der Waals surface area contributed by atoms with Gasteiger partial charge in [-0.25, -0.2) is 8.42 Å². The average Bonchev–Trinajstić information content (AvgIpc) is 2.37. The fourth-order valence-corrected chi connectivity index (χ4v) is 4.24. The molecule has 2 rings (SSSR count). The van der Waals surface area contributed by atoms with Gasteiger partial charge in [0.2, 0.25) is 0 Å². The Morgan fingerprint density at radius 2 is 2.05 bits per heavy atom. The van der Waals surface area contributed by atoms with Gasteiger partial charge in [0.25, 0.3) is 0 Å². The van der Waals surface area contributed by atoms with E-state index in [1.807, 2.05) is 12.1 Å². The van der Waals surface area contributed by atoms with E-state index in [-0.39, 0.29) is 17.2 Å². The van der Waals surface area contributed by atoms with Gasteiger partial charge in [-0.3, -0.25) is 0 Å². The van der Waals surface area contributed by atoms with E-state index in [0.717, 1.165) is 24.8 Å². The SMILES string of the molecule is Cc1cccc(C(N)C2CCCC(S(C)(=O)=O)C2)c1. The van der Waals surface area contributed by atoms with Crippen molar-refractivity contribution in [1.82, 2.24) is 0 Å². The standard InChI is InChI=1S/C15H23NO2S/c1-11-5-3-6-12(9-11)15(16)13-7-4-8-14(10-13)19(2,17)18/h3,5-6,9,13-15H,4,7-8,10,16H2,1-2H3. The predicted molar refractivity (Wildman–Crippen MR) is 78.7 cm³/mol. The highest BCUT2D eigenvalue weighted by molar-refractivity contribution is 7.91. The fraction of sp³-hybridized carbons (Fsp3) is 0.600. The molecule has 0 bridgehead atoms. The normalized spacial score (nSPS) is 26.1. The maximum Gasteiger partial charge on any atom is 0.150 e. The molecule has 0 spiro atoms. The van der Waals surface area contributed by atoms with E-state index >= 15 is 0 Å². The van der Waals surface area contributed by atoms with Crippen LogP contribution in [0.4, 0.5) is 0 Å². The third-order valence-corrected chi connectivity index (χ3v) is 5.85. The molecule has 1 aliphatic carbocycles. The summed E-state index contributed by atoms with van der Waals surface area (Å²) >= 11 is 0. The molecule has 0 saturated heterocycles. The number of hydrogen-bond donors (Lipinski definition) is 1. The highest BCUT2D eigenvalue weighted by Gasteiger charge is 2.32. The predicted octanol–water partition coefficient (Wildman–Crippen LogP) is 2.60. The molecule has 3 atom stereocenters. The van der Waals surface area contributed by atoms with Crippen molar-refractivity contribution < 1.29 is 8.42 Å². The molecule has 106 valence electrons. The molecule has 0 heterocycles. The minimum absolute atomic E-state index is 0.0514. The van der Waals surface area contributed by atoms with Crippen molar-refractivity contribution in [3.05, 3.63) is 35.4 Å². The number of aryl methyl sites for hydroxylation is 1. The second-order valence-corrected chi connectivity index (χ2v) is 8.14. The van der Waals surface area contributed by atoms with Crippen molar-refractivity contribution in [2.45, 2.75) is 43.9 Å². The van der Waals surface area contributed by atoms with Crippen molar-refractivity contribution >= 4 is 9.84 Å². The molecule has 0 radical (unpaired) electrons. The lowest BCUT2D eigenvalue weighted by atomic mass is 9.81. The first-order chi connectivity index (χ1) is 8.88. The Bertz CT molecular complexity index is 539. The lowest BCUT2D eigenvalue weighted by molar-refractivity contribution is 0.309. The third-order valence-electron chi connectivity index (χ3n) is 4.21. The van der Waals surface area contributed by atoms with Gasteiger partial charge in [-0.15, -0.1) is 0 Å². The summed E-state index contributed by atoms with van der Waals surface area (Å²) in [6.07, 6.45) is 4.82. The Morgan fingerprint density at radius 1 is 1.32 bits per heavy atom. The maximum absolute atomic E-state index is 11.7. The molecule has 2 N–H and O–H groups in total. The molecule has 1 saturated carbocycles. The Kier molecular flexibility index (Phi) is 4.31. The van der Waals surface area contributed by atoms with E-state index in [9.17, 15) is 8.42 Å². The largest absolute Gasteiger partial charge is 0.324 e. The van der Waals surface area contributed by atoms with Crippen LogP contribution in [0.25, 0.3) is 0 Å². The van der Waals surface area contributed by atoms with Gasteiger partial charge in [0, 0.05) is 12.3 Å². The Morgan fingerprint density at radius 3 is 2.68 bits per heavy atom. The van der Waals surface area contributed by atoms with Crippen molar-refractivity contribution in [3.63, 3.8) is 0 Å². The molecule has 1 aromatic rings. The number of benzene rings is 1. The molecule has 1 aromatic carbocycles. The zero-order chi connectivity index (χ0) is 14.0. The van der Waals surface area contributed by atoms with Crippen molar-refractivity contribution in [1.29, 1.82) is 0 Å². The van der Waals surface area contributed by atoms with Gasteiger partial charge < -0.3 is 5.73 Å². The lowest BCUT2D eigenvalue weighted by Gasteiger charge is -2.32. The highest BCUT2D eigenvalue weighted by atomic mass is 32.2. The minimum atomic E-state index is -2.94. The molecular weight excluding hydrogens is 258 g/mol.